The van der Waals surface area contributed by atoms with Gasteiger partial charge in [0.2, 0.25) is 5.91 Å². The first-order chi connectivity index (χ1) is 11.7. The molecule has 1 N–H and O–H groups in total. The molecule has 1 aliphatic heterocycles. The Labute approximate surface area is 147 Å². The molecule has 1 heterocycles. The maximum absolute atomic E-state index is 12.9. The number of carbonyl (C=O) groups excluding carboxylic acids is 3. The van der Waals surface area contributed by atoms with Gasteiger partial charge >= 0.3 is 6.09 Å². The molecule has 1 fully saturated rings. The van der Waals surface area contributed by atoms with Crippen molar-refractivity contribution in [3.05, 3.63) is 35.9 Å². The van der Waals surface area contributed by atoms with Gasteiger partial charge in [-0.3, -0.25) is 24.9 Å². The maximum Gasteiger partial charge on any atom is 0.410 e. The quantitative estimate of drug-likeness (QED) is 0.900. The number of carbonyl (C=O) groups is 3. The van der Waals surface area contributed by atoms with Gasteiger partial charge in [0, 0.05) is 19.9 Å². The van der Waals surface area contributed by atoms with Gasteiger partial charge in [-0.2, -0.15) is 0 Å². The number of hydrogen-bond acceptors (Lipinski definition) is 4. The Hall–Kier alpha value is -2.57. The van der Waals surface area contributed by atoms with Crippen molar-refractivity contribution < 1.29 is 19.1 Å². The summed E-state index contributed by atoms with van der Waals surface area (Å²) in [5, 5.41) is 1.27. The minimum atomic E-state index is -0.768. The lowest BCUT2D eigenvalue weighted by Gasteiger charge is -2.32. The van der Waals surface area contributed by atoms with Gasteiger partial charge in [0.1, 0.15) is 11.6 Å². The summed E-state index contributed by atoms with van der Waals surface area (Å²) in [6, 6.07) is 8.66. The molecule has 7 nitrogen and oxygen atoms in total. The van der Waals surface area contributed by atoms with Gasteiger partial charge in [-0.1, -0.05) is 30.3 Å². The van der Waals surface area contributed by atoms with E-state index in [1.54, 1.807) is 20.8 Å². The zero-order valence-electron chi connectivity index (χ0n) is 15.1. The number of ether oxygens (including phenoxy) is 1. The van der Waals surface area contributed by atoms with E-state index in [2.05, 4.69) is 5.43 Å². The highest BCUT2D eigenvalue weighted by molar-refractivity contribution is 5.90. The van der Waals surface area contributed by atoms with E-state index < -0.39 is 17.7 Å². The van der Waals surface area contributed by atoms with Crippen molar-refractivity contribution in [3.63, 3.8) is 0 Å². The standard InChI is InChI=1S/C18H25N3O4/c1-18(2,3)25-17(24)20(4)14(12-13-8-6-5-7-9-13)16(23)21-11-10-15(22)19-21/h5-9,14H,10-12H2,1-4H3,(H,19,22)/t14-/m1/s1. The number of benzene rings is 1. The minimum absolute atomic E-state index is 0.202. The molecule has 7 heteroatoms. The van der Waals surface area contributed by atoms with E-state index in [0.717, 1.165) is 5.56 Å². The molecule has 1 aromatic rings. The van der Waals surface area contributed by atoms with Gasteiger partial charge in [0.15, 0.2) is 0 Å². The molecule has 1 aromatic carbocycles. The molecular formula is C18H25N3O4. The third kappa shape index (κ3) is 5.20. The number of nitrogens with zero attached hydrogens (tertiary/aromatic N) is 2. The van der Waals surface area contributed by atoms with E-state index in [9.17, 15) is 14.4 Å². The molecule has 1 aliphatic rings. The molecule has 1 saturated heterocycles. The summed E-state index contributed by atoms with van der Waals surface area (Å²) in [6.07, 6.45) is 0.0224. The summed E-state index contributed by atoms with van der Waals surface area (Å²) in [6.45, 7) is 5.61. The second kappa shape index (κ2) is 7.55. The fraction of sp³-hybridized carbons (Fsp3) is 0.500. The van der Waals surface area contributed by atoms with Crippen molar-refractivity contribution in [2.45, 2.75) is 45.3 Å². The van der Waals surface area contributed by atoms with Crippen molar-refractivity contribution in [2.24, 2.45) is 0 Å². The van der Waals surface area contributed by atoms with Crippen molar-refractivity contribution >= 4 is 17.9 Å². The average molecular weight is 347 g/mol. The summed E-state index contributed by atoms with van der Waals surface area (Å²) >= 11 is 0. The lowest BCUT2D eigenvalue weighted by Crippen LogP contribution is -2.53. The highest BCUT2D eigenvalue weighted by Gasteiger charge is 2.35. The molecule has 0 aliphatic carbocycles. The number of rotatable bonds is 4. The number of likely N-dealkylation sites (N-methyl/N-ethyl adjacent to an activating group) is 1. The summed E-state index contributed by atoms with van der Waals surface area (Å²) in [5.74, 6) is -0.533. The molecule has 2 rings (SSSR count). The first-order valence-corrected chi connectivity index (χ1v) is 8.28. The normalized spacial score (nSPS) is 15.5. The van der Waals surface area contributed by atoms with Crippen LogP contribution in [0.25, 0.3) is 0 Å². The zero-order chi connectivity index (χ0) is 18.6. The Bertz CT molecular complexity index is 639. The molecule has 0 aromatic heterocycles. The van der Waals surface area contributed by atoms with Crippen LogP contribution in [0.1, 0.15) is 32.8 Å². The van der Waals surface area contributed by atoms with E-state index in [4.69, 9.17) is 4.74 Å². The van der Waals surface area contributed by atoms with E-state index in [1.807, 2.05) is 30.3 Å². The van der Waals surface area contributed by atoms with Crippen LogP contribution in [-0.4, -0.2) is 53.1 Å². The van der Waals surface area contributed by atoms with Crippen LogP contribution in [0.15, 0.2) is 30.3 Å². The Kier molecular flexibility index (Phi) is 5.66. The van der Waals surface area contributed by atoms with Crippen LogP contribution >= 0.6 is 0 Å². The number of amides is 3. The van der Waals surface area contributed by atoms with Crippen LogP contribution < -0.4 is 5.43 Å². The molecule has 0 saturated carbocycles. The van der Waals surface area contributed by atoms with Crippen molar-refractivity contribution in [2.75, 3.05) is 13.6 Å². The zero-order valence-corrected chi connectivity index (χ0v) is 15.1. The van der Waals surface area contributed by atoms with Crippen LogP contribution in [0.3, 0.4) is 0 Å². The van der Waals surface area contributed by atoms with Crippen molar-refractivity contribution in [1.29, 1.82) is 0 Å². The van der Waals surface area contributed by atoms with E-state index in [-0.39, 0.29) is 18.2 Å². The van der Waals surface area contributed by atoms with Crippen LogP contribution in [-0.2, 0) is 20.7 Å². The van der Waals surface area contributed by atoms with Crippen LogP contribution in [0, 0.1) is 0 Å². The maximum atomic E-state index is 12.9. The molecule has 3 amide bonds. The molecule has 0 spiro atoms. The van der Waals surface area contributed by atoms with Gasteiger partial charge in [-0.05, 0) is 26.3 Å². The minimum Gasteiger partial charge on any atom is -0.444 e. The summed E-state index contributed by atoms with van der Waals surface area (Å²) in [7, 11) is 1.54. The largest absolute Gasteiger partial charge is 0.444 e. The third-order valence-electron chi connectivity index (χ3n) is 3.79. The second-order valence-electron chi connectivity index (χ2n) is 7.07. The highest BCUT2D eigenvalue weighted by atomic mass is 16.6. The van der Waals surface area contributed by atoms with Gasteiger partial charge < -0.3 is 4.74 Å². The lowest BCUT2D eigenvalue weighted by atomic mass is 10.0. The second-order valence-corrected chi connectivity index (χ2v) is 7.07. The van der Waals surface area contributed by atoms with Gasteiger partial charge in [-0.25, -0.2) is 4.79 Å². The molecule has 0 radical (unpaired) electrons. The fourth-order valence-corrected chi connectivity index (χ4v) is 2.51. The van der Waals surface area contributed by atoms with Gasteiger partial charge in [-0.15, -0.1) is 0 Å². The van der Waals surface area contributed by atoms with E-state index in [0.29, 0.717) is 13.0 Å². The molecule has 1 atom stereocenters. The monoisotopic (exact) mass is 347 g/mol. The average Bonchev–Trinajstić information content (AvgIpc) is 2.97. The Balaban J connectivity index is 2.20. The van der Waals surface area contributed by atoms with E-state index >= 15 is 0 Å². The van der Waals surface area contributed by atoms with Crippen LogP contribution in [0.5, 0.6) is 0 Å². The van der Waals surface area contributed by atoms with Crippen LogP contribution in [0.2, 0.25) is 0 Å². The Morgan fingerprint density at radius 2 is 1.92 bits per heavy atom. The first kappa shape index (κ1) is 18.8. The Morgan fingerprint density at radius 1 is 1.28 bits per heavy atom. The highest BCUT2D eigenvalue weighted by Crippen LogP contribution is 2.16. The van der Waals surface area contributed by atoms with Gasteiger partial charge in [0.25, 0.3) is 5.91 Å². The molecule has 0 bridgehead atoms. The first-order valence-electron chi connectivity index (χ1n) is 8.28. The number of hydrazine groups is 1. The molecule has 0 unspecified atom stereocenters. The topological polar surface area (TPSA) is 79.0 Å². The molecular weight excluding hydrogens is 322 g/mol. The van der Waals surface area contributed by atoms with Crippen LogP contribution in [0.4, 0.5) is 4.79 Å². The smallest absolute Gasteiger partial charge is 0.410 e. The van der Waals surface area contributed by atoms with Gasteiger partial charge in [0.05, 0.1) is 6.54 Å². The Morgan fingerprint density at radius 3 is 2.44 bits per heavy atom. The fourth-order valence-electron chi connectivity index (χ4n) is 2.51. The molecule has 136 valence electrons. The SMILES string of the molecule is CN(C(=O)OC(C)(C)C)[C@H](Cc1ccccc1)C(=O)N1CCC(=O)N1. The number of nitrogens with one attached hydrogen (secondary N) is 1. The summed E-state index contributed by atoms with van der Waals surface area (Å²) in [5.41, 5.74) is 2.79. The summed E-state index contributed by atoms with van der Waals surface area (Å²) in [4.78, 5) is 38.0. The van der Waals surface area contributed by atoms with Crippen molar-refractivity contribution in [1.82, 2.24) is 15.3 Å². The van der Waals surface area contributed by atoms with E-state index in [1.165, 1.54) is 17.0 Å². The van der Waals surface area contributed by atoms with Crippen molar-refractivity contribution in [3.8, 4) is 0 Å². The lowest BCUT2D eigenvalue weighted by molar-refractivity contribution is -0.140. The molecule has 25 heavy (non-hydrogen) atoms. The predicted molar refractivity (Wildman–Crippen MR) is 92.4 cm³/mol. The summed E-state index contributed by atoms with van der Waals surface area (Å²) < 4.78 is 5.38. The predicted octanol–water partition coefficient (Wildman–Crippen LogP) is 1.73. The third-order valence-corrected chi connectivity index (χ3v) is 3.79. The number of hydrogen-bond donors (Lipinski definition) is 1.